The average Bonchev–Trinajstić information content (AvgIpc) is 3.02. The van der Waals surface area contributed by atoms with Crippen molar-refractivity contribution in [1.82, 2.24) is 10.2 Å². The molecule has 1 aromatic rings. The number of carbonyl (C=O) groups is 2. The number of amides is 2. The Morgan fingerprint density at radius 1 is 1.45 bits per heavy atom. The van der Waals surface area contributed by atoms with Gasteiger partial charge in [0.05, 0.1) is 9.21 Å². The molecule has 1 aromatic heterocycles. The molecule has 1 unspecified atom stereocenters. The Hall–Kier alpha value is -1.27. The summed E-state index contributed by atoms with van der Waals surface area (Å²) in [6, 6.07) is 3.42. The molecule has 0 spiro atoms. The fourth-order valence-electron chi connectivity index (χ4n) is 2.25. The van der Waals surface area contributed by atoms with E-state index in [-0.39, 0.29) is 17.9 Å². The van der Waals surface area contributed by atoms with Crippen LogP contribution in [0.15, 0.2) is 12.1 Å². The van der Waals surface area contributed by atoms with Crippen LogP contribution in [0.5, 0.6) is 0 Å². The summed E-state index contributed by atoms with van der Waals surface area (Å²) < 4.78 is 5.95. The quantitative estimate of drug-likeness (QED) is 0.914. The molecule has 1 aliphatic heterocycles. The van der Waals surface area contributed by atoms with E-state index < -0.39 is 5.60 Å². The molecule has 5 nitrogen and oxygen atoms in total. The molecule has 0 radical (unpaired) electrons. The number of rotatable bonds is 3. The highest BCUT2D eigenvalue weighted by molar-refractivity contribution is 7.17. The lowest BCUT2D eigenvalue weighted by Gasteiger charge is -2.24. The van der Waals surface area contributed by atoms with Crippen molar-refractivity contribution in [2.75, 3.05) is 19.6 Å². The topological polar surface area (TPSA) is 58.6 Å². The van der Waals surface area contributed by atoms with Crippen LogP contribution >= 0.6 is 22.9 Å². The third-order valence-corrected chi connectivity index (χ3v) is 4.52. The summed E-state index contributed by atoms with van der Waals surface area (Å²) >= 11 is 7.08. The fraction of sp³-hybridized carbons (Fsp3) is 0.600. The second-order valence-electron chi connectivity index (χ2n) is 6.39. The number of hydrogen-bond donors (Lipinski definition) is 1. The zero-order valence-corrected chi connectivity index (χ0v) is 14.6. The van der Waals surface area contributed by atoms with Crippen molar-refractivity contribution < 1.29 is 14.3 Å². The van der Waals surface area contributed by atoms with Crippen molar-refractivity contribution in [1.29, 1.82) is 0 Å². The molecule has 0 bridgehead atoms. The molecule has 2 rings (SSSR count). The van der Waals surface area contributed by atoms with Crippen molar-refractivity contribution >= 4 is 34.9 Å². The van der Waals surface area contributed by atoms with E-state index in [0.717, 1.165) is 6.42 Å². The zero-order valence-electron chi connectivity index (χ0n) is 13.0. The highest BCUT2D eigenvalue weighted by Crippen LogP contribution is 2.22. The molecule has 1 aliphatic rings. The molecule has 7 heteroatoms. The van der Waals surface area contributed by atoms with Gasteiger partial charge < -0.3 is 15.0 Å². The lowest BCUT2D eigenvalue weighted by Crippen LogP contribution is -2.36. The number of ether oxygens (including phenoxy) is 1. The monoisotopic (exact) mass is 344 g/mol. The number of thiophene rings is 1. The first-order valence-corrected chi connectivity index (χ1v) is 8.45. The minimum atomic E-state index is -0.484. The summed E-state index contributed by atoms with van der Waals surface area (Å²) in [6.45, 7) is 7.38. The van der Waals surface area contributed by atoms with Crippen LogP contribution in [0.25, 0.3) is 0 Å². The first-order chi connectivity index (χ1) is 10.2. The highest BCUT2D eigenvalue weighted by atomic mass is 35.5. The minimum Gasteiger partial charge on any atom is -0.444 e. The van der Waals surface area contributed by atoms with Crippen LogP contribution in [0.4, 0.5) is 4.79 Å². The van der Waals surface area contributed by atoms with Crippen molar-refractivity contribution in [3.05, 3.63) is 21.3 Å². The van der Waals surface area contributed by atoms with Gasteiger partial charge in [-0.05, 0) is 45.2 Å². The smallest absolute Gasteiger partial charge is 0.410 e. The van der Waals surface area contributed by atoms with E-state index in [0.29, 0.717) is 28.8 Å². The van der Waals surface area contributed by atoms with E-state index in [4.69, 9.17) is 16.3 Å². The summed E-state index contributed by atoms with van der Waals surface area (Å²) in [4.78, 5) is 26.2. The maximum Gasteiger partial charge on any atom is 0.410 e. The van der Waals surface area contributed by atoms with Crippen molar-refractivity contribution in [3.63, 3.8) is 0 Å². The summed E-state index contributed by atoms with van der Waals surface area (Å²) in [5, 5.41) is 2.90. The summed E-state index contributed by atoms with van der Waals surface area (Å²) in [7, 11) is 0. The fourth-order valence-corrected chi connectivity index (χ4v) is 3.21. The van der Waals surface area contributed by atoms with Gasteiger partial charge >= 0.3 is 6.09 Å². The number of carbonyl (C=O) groups excluding carboxylic acids is 2. The Morgan fingerprint density at radius 3 is 2.77 bits per heavy atom. The van der Waals surface area contributed by atoms with Gasteiger partial charge in [0.25, 0.3) is 5.91 Å². The standard InChI is InChI=1S/C15H21ClN2O3S/c1-15(2,3)21-14(20)18-7-6-10(9-18)8-17-13(19)11-4-5-12(16)22-11/h4-5,10H,6-9H2,1-3H3,(H,17,19). The lowest BCUT2D eigenvalue weighted by molar-refractivity contribution is 0.0288. The van der Waals surface area contributed by atoms with Crippen LogP contribution in [0.1, 0.15) is 36.9 Å². The van der Waals surface area contributed by atoms with Gasteiger partial charge in [0.1, 0.15) is 5.60 Å². The van der Waals surface area contributed by atoms with Crippen LogP contribution < -0.4 is 5.32 Å². The largest absolute Gasteiger partial charge is 0.444 e. The zero-order chi connectivity index (χ0) is 16.3. The van der Waals surface area contributed by atoms with Gasteiger partial charge in [-0.1, -0.05) is 11.6 Å². The molecular formula is C15H21ClN2O3S. The first kappa shape index (κ1) is 17.1. The van der Waals surface area contributed by atoms with Crippen molar-refractivity contribution in [2.45, 2.75) is 32.8 Å². The van der Waals surface area contributed by atoms with Crippen molar-refractivity contribution in [3.8, 4) is 0 Å². The van der Waals surface area contributed by atoms with Crippen LogP contribution in [0, 0.1) is 5.92 Å². The van der Waals surface area contributed by atoms with E-state index in [2.05, 4.69) is 5.32 Å². The Bertz CT molecular complexity index is 553. The Kier molecular flexibility index (Phi) is 5.34. The molecule has 2 amide bonds. The van der Waals surface area contributed by atoms with Gasteiger partial charge in [-0.15, -0.1) is 11.3 Å². The van der Waals surface area contributed by atoms with Gasteiger partial charge in [-0.2, -0.15) is 0 Å². The SMILES string of the molecule is CC(C)(C)OC(=O)N1CCC(CNC(=O)c2ccc(Cl)s2)C1. The molecule has 1 fully saturated rings. The molecule has 2 heterocycles. The van der Waals surface area contributed by atoms with Gasteiger partial charge in [0.2, 0.25) is 0 Å². The Balaban J connectivity index is 1.77. The Labute approximate surface area is 139 Å². The Morgan fingerprint density at radius 2 is 2.18 bits per heavy atom. The van der Waals surface area contributed by atoms with E-state index >= 15 is 0 Å². The van der Waals surface area contributed by atoms with Crippen LogP contribution in [0.2, 0.25) is 4.34 Å². The molecule has 0 aromatic carbocycles. The predicted octanol–water partition coefficient (Wildman–Crippen LogP) is 3.39. The molecule has 22 heavy (non-hydrogen) atoms. The van der Waals surface area contributed by atoms with E-state index in [1.54, 1.807) is 17.0 Å². The van der Waals surface area contributed by atoms with Gasteiger partial charge in [-0.3, -0.25) is 4.79 Å². The maximum atomic E-state index is 12.0. The molecule has 1 atom stereocenters. The maximum absolute atomic E-state index is 12.0. The van der Waals surface area contributed by atoms with Gasteiger partial charge in [-0.25, -0.2) is 4.79 Å². The first-order valence-electron chi connectivity index (χ1n) is 7.26. The highest BCUT2D eigenvalue weighted by Gasteiger charge is 2.29. The number of nitrogens with one attached hydrogen (secondary N) is 1. The van der Waals surface area contributed by atoms with E-state index in [1.807, 2.05) is 20.8 Å². The van der Waals surface area contributed by atoms with Crippen LogP contribution in [-0.2, 0) is 4.74 Å². The molecule has 0 saturated carbocycles. The normalized spacial score (nSPS) is 18.4. The second kappa shape index (κ2) is 6.87. The molecule has 0 aliphatic carbocycles. The molecule has 122 valence electrons. The predicted molar refractivity (Wildman–Crippen MR) is 87.6 cm³/mol. The number of nitrogens with zero attached hydrogens (tertiary/aromatic N) is 1. The third kappa shape index (κ3) is 4.88. The molecular weight excluding hydrogens is 324 g/mol. The lowest BCUT2D eigenvalue weighted by atomic mass is 10.1. The minimum absolute atomic E-state index is 0.118. The van der Waals surface area contributed by atoms with Crippen LogP contribution in [0.3, 0.4) is 0 Å². The second-order valence-corrected chi connectivity index (χ2v) is 8.11. The molecule has 1 N–H and O–H groups in total. The van der Waals surface area contributed by atoms with Gasteiger partial charge in [0.15, 0.2) is 0 Å². The van der Waals surface area contributed by atoms with Crippen molar-refractivity contribution in [2.24, 2.45) is 5.92 Å². The summed E-state index contributed by atoms with van der Waals surface area (Å²) in [5.74, 6) is 0.138. The van der Waals surface area contributed by atoms with E-state index in [9.17, 15) is 9.59 Å². The summed E-state index contributed by atoms with van der Waals surface area (Å²) in [6.07, 6.45) is 0.580. The van der Waals surface area contributed by atoms with Crippen LogP contribution in [-0.4, -0.2) is 42.1 Å². The molecule has 1 saturated heterocycles. The van der Waals surface area contributed by atoms with E-state index in [1.165, 1.54) is 11.3 Å². The summed E-state index contributed by atoms with van der Waals surface area (Å²) in [5.41, 5.74) is -0.484. The number of likely N-dealkylation sites (tertiary alicyclic amines) is 1. The average molecular weight is 345 g/mol. The number of hydrogen-bond acceptors (Lipinski definition) is 4. The number of halogens is 1. The third-order valence-electron chi connectivity index (χ3n) is 3.29. The van der Waals surface area contributed by atoms with Gasteiger partial charge in [0, 0.05) is 19.6 Å².